The standard InChI is InChI=1S/C21H17ClN4O2S/c22-17-4-2-1-3-16(17)14-5-7-15(8-6-14)20(27)26-18(21(28)25-10-9-23)13-19-24-11-12-29-19/h1-8,11-12,18H,10,13H2,(H,25,28)(H,26,27)/t18-/m0/s1. The van der Waals surface area contributed by atoms with Crippen molar-refractivity contribution in [3.8, 4) is 17.2 Å². The van der Waals surface area contributed by atoms with Gasteiger partial charge < -0.3 is 10.6 Å². The summed E-state index contributed by atoms with van der Waals surface area (Å²) in [4.78, 5) is 29.2. The summed E-state index contributed by atoms with van der Waals surface area (Å²) in [6.07, 6.45) is 1.89. The molecule has 3 aromatic rings. The molecule has 2 N–H and O–H groups in total. The van der Waals surface area contributed by atoms with E-state index in [1.807, 2.05) is 36.4 Å². The van der Waals surface area contributed by atoms with Gasteiger partial charge >= 0.3 is 0 Å². The zero-order valence-electron chi connectivity index (χ0n) is 15.3. The number of aromatic nitrogens is 1. The molecule has 0 unspecified atom stereocenters. The number of amides is 2. The van der Waals surface area contributed by atoms with Crippen molar-refractivity contribution >= 4 is 34.8 Å². The third kappa shape index (κ3) is 5.41. The van der Waals surface area contributed by atoms with Crippen molar-refractivity contribution < 1.29 is 9.59 Å². The van der Waals surface area contributed by atoms with Crippen LogP contribution in [-0.4, -0.2) is 29.4 Å². The molecular formula is C21H17ClN4O2S. The number of hydrogen-bond acceptors (Lipinski definition) is 5. The average molecular weight is 425 g/mol. The summed E-state index contributed by atoms with van der Waals surface area (Å²) in [6.45, 7) is -0.129. The number of nitrogens with zero attached hydrogens (tertiary/aromatic N) is 2. The van der Waals surface area contributed by atoms with E-state index in [1.165, 1.54) is 11.3 Å². The first-order valence-corrected chi connectivity index (χ1v) is 10.0. The van der Waals surface area contributed by atoms with Crippen LogP contribution in [0.4, 0.5) is 0 Å². The third-order valence-corrected chi connectivity index (χ3v) is 5.29. The molecule has 0 saturated carbocycles. The second-order valence-electron chi connectivity index (χ2n) is 6.09. The zero-order chi connectivity index (χ0) is 20.6. The van der Waals surface area contributed by atoms with E-state index in [0.717, 1.165) is 16.1 Å². The van der Waals surface area contributed by atoms with Crippen LogP contribution in [0.1, 0.15) is 15.4 Å². The van der Waals surface area contributed by atoms with E-state index in [0.29, 0.717) is 10.6 Å². The van der Waals surface area contributed by atoms with Gasteiger partial charge in [-0.05, 0) is 23.8 Å². The second kappa shape index (κ2) is 9.82. The molecule has 1 atom stereocenters. The van der Waals surface area contributed by atoms with Crippen LogP contribution in [-0.2, 0) is 11.2 Å². The van der Waals surface area contributed by atoms with Crippen molar-refractivity contribution in [3.05, 3.63) is 75.7 Å². The Morgan fingerprint density at radius 2 is 1.93 bits per heavy atom. The molecule has 1 aromatic heterocycles. The van der Waals surface area contributed by atoms with E-state index < -0.39 is 11.9 Å². The summed E-state index contributed by atoms with van der Waals surface area (Å²) in [6, 6.07) is 15.5. The van der Waals surface area contributed by atoms with E-state index in [2.05, 4.69) is 15.6 Å². The van der Waals surface area contributed by atoms with Crippen LogP contribution in [0.3, 0.4) is 0 Å². The molecule has 6 nitrogen and oxygen atoms in total. The summed E-state index contributed by atoms with van der Waals surface area (Å²) in [5.41, 5.74) is 2.18. The Hall–Kier alpha value is -3.21. The van der Waals surface area contributed by atoms with E-state index in [9.17, 15) is 9.59 Å². The van der Waals surface area contributed by atoms with Crippen LogP contribution in [0, 0.1) is 11.3 Å². The SMILES string of the molecule is N#CCNC(=O)[C@H](Cc1nccs1)NC(=O)c1ccc(-c2ccccc2Cl)cc1. The molecule has 0 saturated heterocycles. The van der Waals surface area contributed by atoms with Crippen LogP contribution in [0.25, 0.3) is 11.1 Å². The van der Waals surface area contributed by atoms with Gasteiger partial charge in [0.1, 0.15) is 12.6 Å². The topological polar surface area (TPSA) is 94.9 Å². The molecule has 3 rings (SSSR count). The van der Waals surface area contributed by atoms with Gasteiger partial charge in [-0.15, -0.1) is 11.3 Å². The summed E-state index contributed by atoms with van der Waals surface area (Å²) in [5.74, 6) is -0.813. The Morgan fingerprint density at radius 3 is 2.59 bits per heavy atom. The molecule has 0 bridgehead atoms. The predicted octanol–water partition coefficient (Wildman–Crippen LogP) is 3.44. The molecule has 0 aliphatic heterocycles. The van der Waals surface area contributed by atoms with Crippen molar-refractivity contribution in [3.63, 3.8) is 0 Å². The highest BCUT2D eigenvalue weighted by atomic mass is 35.5. The van der Waals surface area contributed by atoms with Crippen molar-refractivity contribution in [1.29, 1.82) is 5.26 Å². The second-order valence-corrected chi connectivity index (χ2v) is 7.48. The Bertz CT molecular complexity index is 1030. The Labute approximate surface area is 177 Å². The quantitative estimate of drug-likeness (QED) is 0.568. The Morgan fingerprint density at radius 1 is 1.17 bits per heavy atom. The van der Waals surface area contributed by atoms with E-state index >= 15 is 0 Å². The lowest BCUT2D eigenvalue weighted by Gasteiger charge is -2.17. The maximum Gasteiger partial charge on any atom is 0.251 e. The van der Waals surface area contributed by atoms with Crippen molar-refractivity contribution in [1.82, 2.24) is 15.6 Å². The molecule has 0 spiro atoms. The van der Waals surface area contributed by atoms with Gasteiger partial charge in [0, 0.05) is 34.1 Å². The lowest BCUT2D eigenvalue weighted by Crippen LogP contribution is -2.48. The highest BCUT2D eigenvalue weighted by molar-refractivity contribution is 7.09. The maximum absolute atomic E-state index is 12.7. The van der Waals surface area contributed by atoms with Crippen molar-refractivity contribution in [2.24, 2.45) is 0 Å². The van der Waals surface area contributed by atoms with Gasteiger partial charge in [-0.25, -0.2) is 4.98 Å². The number of hydrogen-bond donors (Lipinski definition) is 2. The van der Waals surface area contributed by atoms with Crippen LogP contribution < -0.4 is 10.6 Å². The smallest absolute Gasteiger partial charge is 0.251 e. The van der Waals surface area contributed by atoms with Gasteiger partial charge in [-0.3, -0.25) is 9.59 Å². The molecule has 0 radical (unpaired) electrons. The highest BCUT2D eigenvalue weighted by Gasteiger charge is 2.22. The molecule has 2 amide bonds. The van der Waals surface area contributed by atoms with E-state index in [-0.39, 0.29) is 18.9 Å². The molecule has 2 aromatic carbocycles. The molecular weight excluding hydrogens is 408 g/mol. The zero-order valence-corrected chi connectivity index (χ0v) is 16.8. The molecule has 29 heavy (non-hydrogen) atoms. The monoisotopic (exact) mass is 424 g/mol. The lowest BCUT2D eigenvalue weighted by atomic mass is 10.0. The van der Waals surface area contributed by atoms with Gasteiger partial charge in [0.05, 0.1) is 11.1 Å². The highest BCUT2D eigenvalue weighted by Crippen LogP contribution is 2.27. The van der Waals surface area contributed by atoms with Gasteiger partial charge in [0.2, 0.25) is 5.91 Å². The van der Waals surface area contributed by atoms with Gasteiger partial charge in [0.25, 0.3) is 5.91 Å². The number of carbonyl (C=O) groups excluding carboxylic acids is 2. The number of nitriles is 1. The number of carbonyl (C=O) groups is 2. The minimum Gasteiger partial charge on any atom is -0.341 e. The predicted molar refractivity (Wildman–Crippen MR) is 113 cm³/mol. The van der Waals surface area contributed by atoms with Gasteiger partial charge in [-0.2, -0.15) is 5.26 Å². The largest absolute Gasteiger partial charge is 0.341 e. The summed E-state index contributed by atoms with van der Waals surface area (Å²) < 4.78 is 0. The van der Waals surface area contributed by atoms with E-state index in [1.54, 1.807) is 29.8 Å². The van der Waals surface area contributed by atoms with Crippen LogP contribution in [0.15, 0.2) is 60.1 Å². The first kappa shape index (κ1) is 20.5. The Balaban J connectivity index is 1.74. The Kier molecular flexibility index (Phi) is 6.95. The summed E-state index contributed by atoms with van der Waals surface area (Å²) in [7, 11) is 0. The fourth-order valence-electron chi connectivity index (χ4n) is 2.73. The first-order chi connectivity index (χ1) is 14.1. The maximum atomic E-state index is 12.7. The molecule has 1 heterocycles. The average Bonchev–Trinajstić information content (AvgIpc) is 3.25. The van der Waals surface area contributed by atoms with Crippen molar-refractivity contribution in [2.75, 3.05) is 6.54 Å². The van der Waals surface area contributed by atoms with Crippen LogP contribution in [0.5, 0.6) is 0 Å². The fraction of sp³-hybridized carbons (Fsp3) is 0.143. The third-order valence-electron chi connectivity index (χ3n) is 4.16. The van der Waals surface area contributed by atoms with E-state index in [4.69, 9.17) is 16.9 Å². The number of benzene rings is 2. The molecule has 8 heteroatoms. The number of nitrogens with one attached hydrogen (secondary N) is 2. The molecule has 0 aliphatic carbocycles. The van der Waals surface area contributed by atoms with Gasteiger partial charge in [0.15, 0.2) is 0 Å². The normalized spacial score (nSPS) is 11.3. The van der Waals surface area contributed by atoms with Gasteiger partial charge in [-0.1, -0.05) is 41.9 Å². The molecule has 0 aliphatic rings. The first-order valence-electron chi connectivity index (χ1n) is 8.77. The van der Waals surface area contributed by atoms with Crippen molar-refractivity contribution in [2.45, 2.75) is 12.5 Å². The lowest BCUT2D eigenvalue weighted by molar-refractivity contribution is -0.122. The minimum absolute atomic E-state index is 0.129. The van der Waals surface area contributed by atoms with Crippen LogP contribution >= 0.6 is 22.9 Å². The van der Waals surface area contributed by atoms with Crippen LogP contribution in [0.2, 0.25) is 5.02 Å². The number of rotatable bonds is 7. The molecule has 146 valence electrons. The number of halogens is 1. The summed E-state index contributed by atoms with van der Waals surface area (Å²) in [5, 5.41) is 17.0. The fourth-order valence-corrected chi connectivity index (χ4v) is 3.63. The minimum atomic E-state index is -0.828. The summed E-state index contributed by atoms with van der Waals surface area (Å²) >= 11 is 7.62. The number of thiazole rings is 1. The molecule has 0 fully saturated rings.